The lowest BCUT2D eigenvalue weighted by atomic mass is 10.1. The molecule has 1 heterocycles. The molecule has 2 aromatic carbocycles. The van der Waals surface area contributed by atoms with Gasteiger partial charge in [0.15, 0.2) is 0 Å². The summed E-state index contributed by atoms with van der Waals surface area (Å²) in [6.45, 7) is 1.84. The van der Waals surface area contributed by atoms with Gasteiger partial charge in [0, 0.05) is 16.6 Å². The third kappa shape index (κ3) is 2.03. The molecule has 0 bridgehead atoms. The minimum Gasteiger partial charge on any atom is -0.398 e. The molecule has 0 spiro atoms. The summed E-state index contributed by atoms with van der Waals surface area (Å²) in [7, 11) is 0. The zero-order chi connectivity index (χ0) is 13.4. The topological polar surface area (TPSA) is 38.9 Å². The Morgan fingerprint density at radius 3 is 2.53 bits per heavy atom. The molecule has 1 aromatic heterocycles. The van der Waals surface area contributed by atoms with Crippen molar-refractivity contribution in [2.45, 2.75) is 6.92 Å². The molecule has 94 valence electrons. The van der Waals surface area contributed by atoms with Crippen LogP contribution in [0.4, 0.5) is 10.1 Å². The first-order valence-corrected chi connectivity index (χ1v) is 6.07. The number of fused-ring (bicyclic) bond motifs is 1. The molecule has 3 heteroatoms. The highest BCUT2D eigenvalue weighted by Gasteiger charge is 2.09. The van der Waals surface area contributed by atoms with Gasteiger partial charge in [0.05, 0.1) is 5.69 Å². The van der Waals surface area contributed by atoms with Gasteiger partial charge in [0.25, 0.3) is 0 Å². The Balaban J connectivity index is 2.31. The van der Waals surface area contributed by atoms with E-state index < -0.39 is 0 Å². The molecule has 0 radical (unpaired) electrons. The van der Waals surface area contributed by atoms with Gasteiger partial charge < -0.3 is 5.73 Å². The molecule has 0 unspecified atom stereocenters. The fraction of sp³-hybridized carbons (Fsp3) is 0.0625. The predicted molar refractivity (Wildman–Crippen MR) is 76.3 cm³/mol. The number of rotatable bonds is 1. The van der Waals surface area contributed by atoms with Gasteiger partial charge in [-0.3, -0.25) is 0 Å². The Morgan fingerprint density at radius 2 is 1.79 bits per heavy atom. The van der Waals surface area contributed by atoms with Crippen LogP contribution in [0.25, 0.3) is 22.2 Å². The average Bonchev–Trinajstić information content (AvgIpc) is 2.41. The lowest BCUT2D eigenvalue weighted by Gasteiger charge is -2.08. The van der Waals surface area contributed by atoms with E-state index in [9.17, 15) is 4.39 Å². The van der Waals surface area contributed by atoms with Gasteiger partial charge in [0.1, 0.15) is 11.3 Å². The highest BCUT2D eigenvalue weighted by Crippen LogP contribution is 2.28. The Hall–Kier alpha value is -2.42. The molecule has 2 nitrogen and oxygen atoms in total. The number of halogens is 1. The Labute approximate surface area is 110 Å². The molecule has 0 aliphatic carbocycles. The molecule has 3 rings (SSSR count). The first-order valence-electron chi connectivity index (χ1n) is 6.07. The van der Waals surface area contributed by atoms with Crippen LogP contribution in [-0.4, -0.2) is 4.98 Å². The Kier molecular flexibility index (Phi) is 2.67. The number of nitrogens with zero attached hydrogens (tertiary/aromatic N) is 1. The summed E-state index contributed by atoms with van der Waals surface area (Å²) >= 11 is 0. The number of pyridine rings is 1. The molecule has 0 amide bonds. The van der Waals surface area contributed by atoms with Crippen molar-refractivity contribution >= 4 is 16.6 Å². The number of benzene rings is 2. The van der Waals surface area contributed by atoms with Crippen molar-refractivity contribution in [1.82, 2.24) is 4.98 Å². The number of nitrogen functional groups attached to an aromatic ring is 1. The molecule has 0 saturated heterocycles. The highest BCUT2D eigenvalue weighted by molar-refractivity contribution is 5.93. The molecule has 0 fully saturated rings. The molecular weight excluding hydrogens is 239 g/mol. The normalized spacial score (nSPS) is 10.8. The fourth-order valence-electron chi connectivity index (χ4n) is 2.20. The quantitative estimate of drug-likeness (QED) is 0.712. The van der Waals surface area contributed by atoms with Gasteiger partial charge in [-0.05, 0) is 30.7 Å². The van der Waals surface area contributed by atoms with Gasteiger partial charge >= 0.3 is 0 Å². The highest BCUT2D eigenvalue weighted by atomic mass is 19.1. The van der Waals surface area contributed by atoms with E-state index in [0.717, 1.165) is 11.1 Å². The number of aryl methyl sites for hydroxylation is 1. The minimum absolute atomic E-state index is 0.324. The van der Waals surface area contributed by atoms with Crippen molar-refractivity contribution < 1.29 is 4.39 Å². The van der Waals surface area contributed by atoms with E-state index in [1.807, 2.05) is 43.3 Å². The summed E-state index contributed by atoms with van der Waals surface area (Å²) in [5.74, 6) is -0.334. The second kappa shape index (κ2) is 4.35. The number of aromatic nitrogens is 1. The number of hydrogen-bond donors (Lipinski definition) is 1. The van der Waals surface area contributed by atoms with Crippen LogP contribution in [0.15, 0.2) is 48.5 Å². The summed E-state index contributed by atoms with van der Waals surface area (Å²) in [5, 5.41) is 0.664. The molecule has 2 N–H and O–H groups in total. The predicted octanol–water partition coefficient (Wildman–Crippen LogP) is 3.93. The van der Waals surface area contributed by atoms with Crippen LogP contribution < -0.4 is 5.73 Å². The summed E-state index contributed by atoms with van der Waals surface area (Å²) in [5.41, 5.74) is 9.35. The van der Waals surface area contributed by atoms with Gasteiger partial charge in [0.2, 0.25) is 0 Å². The smallest absolute Gasteiger partial charge is 0.149 e. The second-order valence-corrected chi connectivity index (χ2v) is 4.61. The largest absolute Gasteiger partial charge is 0.398 e. The third-order valence-corrected chi connectivity index (χ3v) is 3.11. The van der Waals surface area contributed by atoms with Gasteiger partial charge in [-0.2, -0.15) is 0 Å². The van der Waals surface area contributed by atoms with Gasteiger partial charge in [-0.25, -0.2) is 9.37 Å². The molecule has 0 aliphatic heterocycles. The van der Waals surface area contributed by atoms with E-state index in [1.54, 1.807) is 6.07 Å². The molecule has 0 saturated carbocycles. The molecule has 0 atom stereocenters. The van der Waals surface area contributed by atoms with Crippen LogP contribution in [0.2, 0.25) is 0 Å². The van der Waals surface area contributed by atoms with E-state index in [1.165, 1.54) is 6.07 Å². The van der Waals surface area contributed by atoms with Crippen molar-refractivity contribution in [3.8, 4) is 11.3 Å². The fourth-order valence-corrected chi connectivity index (χ4v) is 2.20. The van der Waals surface area contributed by atoms with Crippen LogP contribution in [0.3, 0.4) is 0 Å². The first kappa shape index (κ1) is 11.7. The molecule has 0 aliphatic rings. The molecular formula is C16H13FN2. The SMILES string of the molecule is Cc1cc(F)c2nc(-c3ccccc3)cc(N)c2c1. The van der Waals surface area contributed by atoms with Crippen LogP contribution in [0, 0.1) is 12.7 Å². The summed E-state index contributed by atoms with van der Waals surface area (Å²) in [4.78, 5) is 4.39. The summed E-state index contributed by atoms with van der Waals surface area (Å²) in [6.07, 6.45) is 0. The van der Waals surface area contributed by atoms with Crippen LogP contribution in [0.5, 0.6) is 0 Å². The Bertz CT molecular complexity index is 752. The van der Waals surface area contributed by atoms with E-state index in [-0.39, 0.29) is 5.82 Å². The number of nitrogens with two attached hydrogens (primary N) is 1. The van der Waals surface area contributed by atoms with Crippen molar-refractivity contribution in [3.63, 3.8) is 0 Å². The minimum atomic E-state index is -0.334. The van der Waals surface area contributed by atoms with Crippen molar-refractivity contribution in [3.05, 3.63) is 59.9 Å². The van der Waals surface area contributed by atoms with E-state index in [2.05, 4.69) is 4.98 Å². The van der Waals surface area contributed by atoms with Crippen molar-refractivity contribution in [2.24, 2.45) is 0 Å². The Morgan fingerprint density at radius 1 is 1.05 bits per heavy atom. The van der Waals surface area contributed by atoms with Gasteiger partial charge in [-0.1, -0.05) is 30.3 Å². The third-order valence-electron chi connectivity index (χ3n) is 3.11. The monoisotopic (exact) mass is 252 g/mol. The van der Waals surface area contributed by atoms with E-state index >= 15 is 0 Å². The maximum absolute atomic E-state index is 14.0. The lowest BCUT2D eigenvalue weighted by Crippen LogP contribution is -1.95. The first-order chi connectivity index (χ1) is 9.15. The number of hydrogen-bond acceptors (Lipinski definition) is 2. The summed E-state index contributed by atoms with van der Waals surface area (Å²) in [6, 6.07) is 14.7. The number of anilines is 1. The maximum Gasteiger partial charge on any atom is 0.149 e. The van der Waals surface area contributed by atoms with Crippen LogP contribution in [0.1, 0.15) is 5.56 Å². The van der Waals surface area contributed by atoms with E-state index in [0.29, 0.717) is 22.3 Å². The summed E-state index contributed by atoms with van der Waals surface area (Å²) < 4.78 is 14.0. The van der Waals surface area contributed by atoms with Crippen LogP contribution in [-0.2, 0) is 0 Å². The van der Waals surface area contributed by atoms with Crippen molar-refractivity contribution in [2.75, 3.05) is 5.73 Å². The van der Waals surface area contributed by atoms with E-state index in [4.69, 9.17) is 5.73 Å². The second-order valence-electron chi connectivity index (χ2n) is 4.61. The molecule has 3 aromatic rings. The zero-order valence-electron chi connectivity index (χ0n) is 10.5. The van der Waals surface area contributed by atoms with Gasteiger partial charge in [-0.15, -0.1) is 0 Å². The van der Waals surface area contributed by atoms with Crippen LogP contribution >= 0.6 is 0 Å². The zero-order valence-corrected chi connectivity index (χ0v) is 10.5. The lowest BCUT2D eigenvalue weighted by molar-refractivity contribution is 0.636. The molecule has 19 heavy (non-hydrogen) atoms. The maximum atomic E-state index is 14.0. The average molecular weight is 252 g/mol. The van der Waals surface area contributed by atoms with Crippen molar-refractivity contribution in [1.29, 1.82) is 0 Å². The standard InChI is InChI=1S/C16H13FN2/c1-10-7-12-14(18)9-15(11-5-3-2-4-6-11)19-16(12)13(17)8-10/h2-9H,1H3,(H2,18,19).